The van der Waals surface area contributed by atoms with Crippen molar-refractivity contribution in [1.82, 2.24) is 0 Å². The fourth-order valence-corrected chi connectivity index (χ4v) is 3.71. The minimum absolute atomic E-state index is 0.258. The zero-order valence-electron chi connectivity index (χ0n) is 12.7. The first-order valence-electron chi connectivity index (χ1n) is 7.21. The summed E-state index contributed by atoms with van der Waals surface area (Å²) < 4.78 is 24.9. The molecule has 0 saturated heterocycles. The SMILES string of the molecule is CC1(C)CCCCC1Nc1ccc(NS(C)(=O)=O)c(Cl)c1. The van der Waals surface area contributed by atoms with E-state index in [-0.39, 0.29) is 5.41 Å². The molecule has 1 aliphatic rings. The quantitative estimate of drug-likeness (QED) is 0.874. The molecule has 0 aliphatic heterocycles. The first-order valence-corrected chi connectivity index (χ1v) is 9.48. The Morgan fingerprint density at radius 3 is 2.57 bits per heavy atom. The molecule has 118 valence electrons. The maximum absolute atomic E-state index is 11.3. The van der Waals surface area contributed by atoms with E-state index in [1.807, 2.05) is 6.07 Å². The predicted octanol–water partition coefficient (Wildman–Crippen LogP) is 4.09. The smallest absolute Gasteiger partial charge is 0.229 e. The van der Waals surface area contributed by atoms with Gasteiger partial charge in [-0.15, -0.1) is 0 Å². The van der Waals surface area contributed by atoms with E-state index < -0.39 is 10.0 Å². The van der Waals surface area contributed by atoms with Crippen LogP contribution in [0.4, 0.5) is 11.4 Å². The molecule has 1 aromatic rings. The largest absolute Gasteiger partial charge is 0.382 e. The van der Waals surface area contributed by atoms with Crippen LogP contribution in [-0.2, 0) is 10.0 Å². The number of anilines is 2. The highest BCUT2D eigenvalue weighted by molar-refractivity contribution is 7.92. The van der Waals surface area contributed by atoms with Crippen LogP contribution in [0.15, 0.2) is 18.2 Å². The van der Waals surface area contributed by atoms with Gasteiger partial charge in [0.1, 0.15) is 0 Å². The summed E-state index contributed by atoms with van der Waals surface area (Å²) in [6, 6.07) is 5.75. The van der Waals surface area contributed by atoms with Gasteiger partial charge in [-0.1, -0.05) is 38.3 Å². The summed E-state index contributed by atoms with van der Waals surface area (Å²) in [5, 5.41) is 3.94. The molecule has 0 spiro atoms. The molecule has 0 aromatic heterocycles. The number of benzene rings is 1. The third-order valence-corrected chi connectivity index (χ3v) is 5.02. The lowest BCUT2D eigenvalue weighted by Gasteiger charge is -2.39. The van der Waals surface area contributed by atoms with Crippen molar-refractivity contribution in [2.45, 2.75) is 45.6 Å². The van der Waals surface area contributed by atoms with Crippen LogP contribution >= 0.6 is 11.6 Å². The number of sulfonamides is 1. The van der Waals surface area contributed by atoms with Crippen LogP contribution in [0.3, 0.4) is 0 Å². The summed E-state index contributed by atoms with van der Waals surface area (Å²) in [4.78, 5) is 0. The van der Waals surface area contributed by atoms with E-state index in [1.165, 1.54) is 19.3 Å². The third kappa shape index (κ3) is 4.51. The van der Waals surface area contributed by atoms with Gasteiger partial charge in [0.25, 0.3) is 0 Å². The molecule has 0 radical (unpaired) electrons. The molecule has 1 saturated carbocycles. The summed E-state index contributed by atoms with van der Waals surface area (Å²) >= 11 is 6.16. The first kappa shape index (κ1) is 16.4. The zero-order valence-corrected chi connectivity index (χ0v) is 14.3. The van der Waals surface area contributed by atoms with Crippen LogP contribution in [0.5, 0.6) is 0 Å². The Hall–Kier alpha value is -0.940. The van der Waals surface area contributed by atoms with Gasteiger partial charge >= 0.3 is 0 Å². The summed E-state index contributed by atoms with van der Waals surface area (Å²) in [5.41, 5.74) is 1.60. The van der Waals surface area contributed by atoms with Crippen LogP contribution in [0.1, 0.15) is 39.5 Å². The van der Waals surface area contributed by atoms with Gasteiger partial charge in [0.2, 0.25) is 10.0 Å². The highest BCUT2D eigenvalue weighted by atomic mass is 35.5. The van der Waals surface area contributed by atoms with E-state index in [0.717, 1.165) is 18.4 Å². The second kappa shape index (κ2) is 6.05. The molecule has 0 amide bonds. The van der Waals surface area contributed by atoms with Crippen molar-refractivity contribution in [3.05, 3.63) is 23.2 Å². The monoisotopic (exact) mass is 330 g/mol. The van der Waals surface area contributed by atoms with Gasteiger partial charge in [0.05, 0.1) is 17.0 Å². The average molecular weight is 331 g/mol. The number of halogens is 1. The van der Waals surface area contributed by atoms with Crippen molar-refractivity contribution < 1.29 is 8.42 Å². The van der Waals surface area contributed by atoms with Gasteiger partial charge in [-0.2, -0.15) is 0 Å². The Morgan fingerprint density at radius 2 is 2.00 bits per heavy atom. The minimum atomic E-state index is -3.31. The predicted molar refractivity (Wildman–Crippen MR) is 89.6 cm³/mol. The molecule has 0 heterocycles. The molecular formula is C15H23ClN2O2S. The van der Waals surface area contributed by atoms with Crippen LogP contribution < -0.4 is 10.0 Å². The maximum Gasteiger partial charge on any atom is 0.229 e. The van der Waals surface area contributed by atoms with Crippen LogP contribution in [0.2, 0.25) is 5.02 Å². The molecule has 2 rings (SSSR count). The Kier molecular flexibility index (Phi) is 4.73. The van der Waals surface area contributed by atoms with Gasteiger partial charge in [0.15, 0.2) is 0 Å². The normalized spacial score (nSPS) is 21.8. The molecular weight excluding hydrogens is 308 g/mol. The molecule has 21 heavy (non-hydrogen) atoms. The third-order valence-electron chi connectivity index (χ3n) is 4.11. The first-order chi connectivity index (χ1) is 9.67. The Morgan fingerprint density at radius 1 is 1.29 bits per heavy atom. The van der Waals surface area contributed by atoms with E-state index >= 15 is 0 Å². The highest BCUT2D eigenvalue weighted by Crippen LogP contribution is 2.38. The maximum atomic E-state index is 11.3. The van der Waals surface area contributed by atoms with Gasteiger partial charge in [0, 0.05) is 11.7 Å². The second-order valence-electron chi connectivity index (χ2n) is 6.50. The lowest BCUT2D eigenvalue weighted by Crippen LogP contribution is -2.38. The molecule has 1 fully saturated rings. The molecule has 1 aromatic carbocycles. The van der Waals surface area contributed by atoms with Crippen LogP contribution in [0, 0.1) is 5.41 Å². The fraction of sp³-hybridized carbons (Fsp3) is 0.600. The van der Waals surface area contributed by atoms with E-state index in [1.54, 1.807) is 12.1 Å². The minimum Gasteiger partial charge on any atom is -0.382 e. The van der Waals surface area contributed by atoms with Gasteiger partial charge in [-0.25, -0.2) is 8.42 Å². The summed E-state index contributed by atoms with van der Waals surface area (Å²) in [6.45, 7) is 4.57. The standard InChI is InChI=1S/C15H23ClN2O2S/c1-15(2)9-5-4-6-14(15)17-11-7-8-13(12(16)10-11)18-21(3,19)20/h7-8,10,14,17-18H,4-6,9H2,1-3H3. The van der Waals surface area contributed by atoms with Crippen molar-refractivity contribution in [1.29, 1.82) is 0 Å². The topological polar surface area (TPSA) is 58.2 Å². The van der Waals surface area contributed by atoms with Crippen LogP contribution in [0.25, 0.3) is 0 Å². The molecule has 4 nitrogen and oxygen atoms in total. The highest BCUT2D eigenvalue weighted by Gasteiger charge is 2.32. The molecule has 0 bridgehead atoms. The molecule has 6 heteroatoms. The van der Waals surface area contributed by atoms with E-state index in [4.69, 9.17) is 11.6 Å². The van der Waals surface area contributed by atoms with Crippen molar-refractivity contribution in [3.8, 4) is 0 Å². The van der Waals surface area contributed by atoms with Gasteiger partial charge in [-0.3, -0.25) is 4.72 Å². The van der Waals surface area contributed by atoms with E-state index in [0.29, 0.717) is 16.8 Å². The number of hydrogen-bond acceptors (Lipinski definition) is 3. The van der Waals surface area contributed by atoms with E-state index in [2.05, 4.69) is 23.9 Å². The summed E-state index contributed by atoms with van der Waals surface area (Å²) in [6.07, 6.45) is 5.99. The van der Waals surface area contributed by atoms with E-state index in [9.17, 15) is 8.42 Å². The molecule has 1 unspecified atom stereocenters. The molecule has 1 aliphatic carbocycles. The zero-order chi connectivity index (χ0) is 15.7. The number of rotatable bonds is 4. The second-order valence-corrected chi connectivity index (χ2v) is 8.66. The van der Waals surface area contributed by atoms with Crippen molar-refractivity contribution in [3.63, 3.8) is 0 Å². The Labute approximate surface area is 132 Å². The Balaban J connectivity index is 2.13. The molecule has 1 atom stereocenters. The van der Waals surface area contributed by atoms with Gasteiger partial charge < -0.3 is 5.32 Å². The molecule has 2 N–H and O–H groups in total. The number of nitrogens with one attached hydrogen (secondary N) is 2. The summed E-state index contributed by atoms with van der Waals surface area (Å²) in [5.74, 6) is 0. The fourth-order valence-electron chi connectivity index (χ4n) is 2.85. The van der Waals surface area contributed by atoms with Gasteiger partial charge in [-0.05, 0) is 36.5 Å². The lowest BCUT2D eigenvalue weighted by molar-refractivity contribution is 0.217. The van der Waals surface area contributed by atoms with Crippen molar-refractivity contribution >= 4 is 33.0 Å². The van der Waals surface area contributed by atoms with Crippen LogP contribution in [-0.4, -0.2) is 20.7 Å². The number of hydrogen-bond donors (Lipinski definition) is 2. The summed E-state index contributed by atoms with van der Waals surface area (Å²) in [7, 11) is -3.31. The van der Waals surface area contributed by atoms with Crippen molar-refractivity contribution in [2.24, 2.45) is 5.41 Å². The lowest BCUT2D eigenvalue weighted by atomic mass is 9.73. The van der Waals surface area contributed by atoms with Crippen molar-refractivity contribution in [2.75, 3.05) is 16.3 Å². The average Bonchev–Trinajstić information content (AvgIpc) is 2.34. The Bertz CT molecular complexity index is 614.